The summed E-state index contributed by atoms with van der Waals surface area (Å²) < 4.78 is 0. The summed E-state index contributed by atoms with van der Waals surface area (Å²) in [5.74, 6) is 0. The first-order valence-corrected chi connectivity index (χ1v) is 1.02. The first kappa shape index (κ1) is 8.86. The zero-order valence-corrected chi connectivity index (χ0v) is 7.22. The summed E-state index contributed by atoms with van der Waals surface area (Å²) in [5, 5.41) is 7.57. The molecule has 23 valence electrons. The van der Waals surface area contributed by atoms with Gasteiger partial charge in [0, 0.05) is 33.9 Å². The van der Waals surface area contributed by atoms with Crippen LogP contribution in [0.25, 0.3) is 0 Å². The van der Waals surface area contributed by atoms with E-state index in [1.807, 2.05) is 0 Å². The van der Waals surface area contributed by atoms with Crippen LogP contribution in [0.5, 0.6) is 0 Å². The van der Waals surface area contributed by atoms with E-state index in [-0.39, 0.29) is 33.9 Å². The topological polar surface area (TPSA) is 20.2 Å². The maximum atomic E-state index is 7.57. The van der Waals surface area contributed by atoms with Crippen LogP contribution in [0, 0.1) is 0 Å². The molecule has 0 aliphatic heterocycles. The molecular weight excluding hydrogens is 244 g/mol. The van der Waals surface area contributed by atoms with Crippen molar-refractivity contribution in [1.29, 1.82) is 0 Å². The molecule has 1 nitrogen and oxygen atoms in total. The molecule has 0 saturated carbocycles. The molecule has 1 N–H and O–H groups in total. The van der Waals surface area contributed by atoms with Crippen molar-refractivity contribution in [3.63, 3.8) is 0 Å². The van der Waals surface area contributed by atoms with Crippen LogP contribution in [0.1, 0.15) is 6.92 Å². The van der Waals surface area contributed by atoms with Gasteiger partial charge < -0.3 is 5.11 Å². The van der Waals surface area contributed by atoms with Crippen LogP contribution >= 0.6 is 0 Å². The van der Waals surface area contributed by atoms with Crippen LogP contribution in [0.15, 0.2) is 0 Å². The van der Waals surface area contributed by atoms with E-state index in [0.717, 1.165) is 0 Å². The van der Waals surface area contributed by atoms with Gasteiger partial charge in [0.15, 0.2) is 0 Å². The third-order valence-electron chi connectivity index (χ3n) is 0. The van der Waals surface area contributed by atoms with Gasteiger partial charge in [-0.2, -0.15) is 0 Å². The minimum Gasteiger partial charge on any atom is -0.397 e. The molecule has 0 bridgehead atoms. The van der Waals surface area contributed by atoms with Gasteiger partial charge in [0.2, 0.25) is 0 Å². The Morgan fingerprint density at radius 3 is 1.75 bits per heavy atom. The zero-order chi connectivity index (χ0) is 2.71. The fourth-order valence-electron chi connectivity index (χ4n) is 0. The van der Waals surface area contributed by atoms with Crippen LogP contribution in [0.2, 0.25) is 0 Å². The van der Waals surface area contributed by atoms with Gasteiger partial charge in [-0.15, -0.1) is 0 Å². The first-order chi connectivity index (χ1) is 1.41. The maximum Gasteiger partial charge on any atom is 0.0402 e. The quantitative estimate of drug-likeness (QED) is 0.581. The number of rotatable bonds is 0. The second kappa shape index (κ2) is 9.10. The molecular formula is C2H6OTl. The van der Waals surface area contributed by atoms with Crippen molar-refractivity contribution in [3.8, 4) is 0 Å². The number of aliphatic hydroxyl groups is 1. The maximum absolute atomic E-state index is 7.57. The average Bonchev–Trinajstić information content (AvgIpc) is 0.918. The number of hydrogen-bond donors (Lipinski definition) is 1. The molecule has 0 amide bonds. The van der Waals surface area contributed by atoms with E-state index in [1.165, 1.54) is 0 Å². The van der Waals surface area contributed by atoms with Crippen LogP contribution in [0.3, 0.4) is 0 Å². The van der Waals surface area contributed by atoms with Crippen molar-refractivity contribution in [1.82, 2.24) is 0 Å². The Kier molecular flexibility index (Phi) is 20.2. The molecule has 0 fully saturated rings. The van der Waals surface area contributed by atoms with E-state index < -0.39 is 0 Å². The molecule has 0 aliphatic carbocycles. The molecule has 1 radical (unpaired) electrons. The molecule has 4 heavy (non-hydrogen) atoms. The van der Waals surface area contributed by atoms with Gasteiger partial charge in [-0.1, -0.05) is 0 Å². The largest absolute Gasteiger partial charge is 0.397 e. The van der Waals surface area contributed by atoms with E-state index in [0.29, 0.717) is 0 Å². The van der Waals surface area contributed by atoms with E-state index in [2.05, 4.69) is 0 Å². The second-order valence-corrected chi connectivity index (χ2v) is 0.316. The Morgan fingerprint density at radius 1 is 1.75 bits per heavy atom. The molecule has 0 rings (SSSR count). The smallest absolute Gasteiger partial charge is 0.0402 e. The van der Waals surface area contributed by atoms with Crippen molar-refractivity contribution in [2.45, 2.75) is 6.92 Å². The van der Waals surface area contributed by atoms with Gasteiger partial charge in [0.1, 0.15) is 0 Å². The molecule has 0 aliphatic rings. The Morgan fingerprint density at radius 2 is 1.75 bits per heavy atom. The summed E-state index contributed by atoms with van der Waals surface area (Å²) in [5.41, 5.74) is 0. The summed E-state index contributed by atoms with van der Waals surface area (Å²) in [6.07, 6.45) is 0. The molecule has 0 atom stereocenters. The Bertz CT molecular complexity index is 6.00. The number of hydrogen-bond acceptors (Lipinski definition) is 1. The Hall–Kier alpha value is 0.882. The predicted molar refractivity (Wildman–Crippen MR) is 18.5 cm³/mol. The SMILES string of the molecule is CCO.[Tl]. The fraction of sp³-hybridized carbons (Fsp3) is 1.00. The van der Waals surface area contributed by atoms with Crippen molar-refractivity contribution in [2.24, 2.45) is 0 Å². The van der Waals surface area contributed by atoms with Crippen LogP contribution in [0.4, 0.5) is 0 Å². The molecule has 0 unspecified atom stereocenters. The van der Waals surface area contributed by atoms with Gasteiger partial charge in [0.25, 0.3) is 0 Å². The molecule has 0 heterocycles. The van der Waals surface area contributed by atoms with Crippen LogP contribution in [-0.4, -0.2) is 39.0 Å². The van der Waals surface area contributed by atoms with Crippen molar-refractivity contribution < 1.29 is 5.11 Å². The fourth-order valence-corrected chi connectivity index (χ4v) is 0. The van der Waals surface area contributed by atoms with E-state index in [4.69, 9.17) is 5.11 Å². The van der Waals surface area contributed by atoms with Gasteiger partial charge in [0.05, 0.1) is 0 Å². The normalized spacial score (nSPS) is 4.50. The Balaban J connectivity index is 0. The third kappa shape index (κ3) is 13.1. The third-order valence-corrected chi connectivity index (χ3v) is 0. The summed E-state index contributed by atoms with van der Waals surface area (Å²) in [7, 11) is 0. The van der Waals surface area contributed by atoms with E-state index >= 15 is 0 Å². The summed E-state index contributed by atoms with van der Waals surface area (Å²) in [6, 6.07) is 0. The summed E-state index contributed by atoms with van der Waals surface area (Å²) >= 11 is 0. The minimum absolute atomic E-state index is 0. The van der Waals surface area contributed by atoms with E-state index in [1.54, 1.807) is 6.92 Å². The second-order valence-electron chi connectivity index (χ2n) is 0.316. The van der Waals surface area contributed by atoms with Gasteiger partial charge in [-0.05, 0) is 6.92 Å². The molecule has 0 aromatic carbocycles. The Labute approximate surface area is 46.2 Å². The van der Waals surface area contributed by atoms with Crippen molar-refractivity contribution in [2.75, 3.05) is 6.61 Å². The molecule has 0 spiro atoms. The number of aliphatic hydroxyl groups excluding tert-OH is 1. The molecule has 2 heteroatoms. The van der Waals surface area contributed by atoms with Gasteiger partial charge in [-0.25, -0.2) is 0 Å². The molecule has 0 aromatic heterocycles. The average molecular weight is 250 g/mol. The van der Waals surface area contributed by atoms with Gasteiger partial charge >= 0.3 is 0 Å². The van der Waals surface area contributed by atoms with Gasteiger partial charge in [-0.3, -0.25) is 0 Å². The zero-order valence-electron chi connectivity index (χ0n) is 2.73. The monoisotopic (exact) mass is 251 g/mol. The van der Waals surface area contributed by atoms with Crippen molar-refractivity contribution in [3.05, 3.63) is 0 Å². The van der Waals surface area contributed by atoms with Crippen LogP contribution in [-0.2, 0) is 0 Å². The summed E-state index contributed by atoms with van der Waals surface area (Å²) in [6.45, 7) is 1.93. The standard InChI is InChI=1S/C2H6O.Tl/c1-2-3;/h3H,2H2,1H3;. The molecule has 0 aromatic rings. The van der Waals surface area contributed by atoms with E-state index in [9.17, 15) is 0 Å². The minimum atomic E-state index is 0. The van der Waals surface area contributed by atoms with Crippen LogP contribution < -0.4 is 0 Å². The summed E-state index contributed by atoms with van der Waals surface area (Å²) in [4.78, 5) is 0. The first-order valence-electron chi connectivity index (χ1n) is 1.02. The van der Waals surface area contributed by atoms with Crippen molar-refractivity contribution >= 4 is 27.3 Å². The predicted octanol–water partition coefficient (Wildman–Crippen LogP) is -0.382. The molecule has 0 saturated heterocycles.